The molecule has 0 saturated carbocycles. The largest absolute Gasteiger partial charge is 0.236 e. The maximum absolute atomic E-state index is 4.68. The number of nitrogens with zero attached hydrogens (tertiary/aromatic N) is 2. The van der Waals surface area contributed by atoms with Crippen molar-refractivity contribution < 1.29 is 0 Å². The smallest absolute Gasteiger partial charge is 0.159 e. The third-order valence-corrected chi connectivity index (χ3v) is 3.64. The van der Waals surface area contributed by atoms with Crippen molar-refractivity contribution in [2.24, 2.45) is 0 Å². The van der Waals surface area contributed by atoms with E-state index >= 15 is 0 Å². The molecule has 0 saturated heterocycles. The SMILES string of the molecule is CCc1nc(-c2cccc(-c3ccccc3)c2)ncc1C. The van der Waals surface area contributed by atoms with E-state index in [-0.39, 0.29) is 0 Å². The van der Waals surface area contributed by atoms with Crippen LogP contribution < -0.4 is 0 Å². The molecule has 2 heteroatoms. The second kappa shape index (κ2) is 5.88. The van der Waals surface area contributed by atoms with E-state index in [1.54, 1.807) is 0 Å². The molecule has 0 radical (unpaired) electrons. The molecular weight excluding hydrogens is 256 g/mol. The van der Waals surface area contributed by atoms with E-state index < -0.39 is 0 Å². The van der Waals surface area contributed by atoms with E-state index in [0.717, 1.165) is 29.1 Å². The summed E-state index contributed by atoms with van der Waals surface area (Å²) in [5, 5.41) is 0. The quantitative estimate of drug-likeness (QED) is 0.693. The van der Waals surface area contributed by atoms with Crippen LogP contribution in [0.15, 0.2) is 60.8 Å². The van der Waals surface area contributed by atoms with Gasteiger partial charge >= 0.3 is 0 Å². The first-order valence-corrected chi connectivity index (χ1v) is 7.26. The fraction of sp³-hybridized carbons (Fsp3) is 0.158. The van der Waals surface area contributed by atoms with E-state index in [4.69, 9.17) is 0 Å². The first kappa shape index (κ1) is 13.5. The van der Waals surface area contributed by atoms with Crippen LogP contribution >= 0.6 is 0 Å². The van der Waals surface area contributed by atoms with E-state index in [2.05, 4.69) is 72.3 Å². The summed E-state index contributed by atoms with van der Waals surface area (Å²) in [5.41, 5.74) is 5.73. The third kappa shape index (κ3) is 2.84. The Bertz CT molecular complexity index is 749. The van der Waals surface area contributed by atoms with Gasteiger partial charge in [-0.3, -0.25) is 0 Å². The van der Waals surface area contributed by atoms with Gasteiger partial charge in [-0.25, -0.2) is 9.97 Å². The maximum Gasteiger partial charge on any atom is 0.159 e. The lowest BCUT2D eigenvalue weighted by Crippen LogP contribution is -1.97. The molecule has 0 aliphatic heterocycles. The van der Waals surface area contributed by atoms with Crippen molar-refractivity contribution in [3.8, 4) is 22.5 Å². The predicted octanol–water partition coefficient (Wildman–Crippen LogP) is 4.68. The third-order valence-electron chi connectivity index (χ3n) is 3.64. The molecule has 1 aromatic heterocycles. The van der Waals surface area contributed by atoms with Gasteiger partial charge in [-0.2, -0.15) is 0 Å². The first-order valence-electron chi connectivity index (χ1n) is 7.26. The number of rotatable bonds is 3. The lowest BCUT2D eigenvalue weighted by Gasteiger charge is -2.07. The predicted molar refractivity (Wildman–Crippen MR) is 87.0 cm³/mol. The molecule has 2 nitrogen and oxygen atoms in total. The highest BCUT2D eigenvalue weighted by Gasteiger charge is 2.06. The number of aryl methyl sites for hydroxylation is 2. The fourth-order valence-electron chi connectivity index (χ4n) is 2.44. The van der Waals surface area contributed by atoms with Crippen LogP contribution in [-0.2, 0) is 6.42 Å². The van der Waals surface area contributed by atoms with Crippen molar-refractivity contribution in [2.75, 3.05) is 0 Å². The zero-order chi connectivity index (χ0) is 14.7. The number of hydrogen-bond acceptors (Lipinski definition) is 2. The normalized spacial score (nSPS) is 10.6. The summed E-state index contributed by atoms with van der Waals surface area (Å²) in [7, 11) is 0. The lowest BCUT2D eigenvalue weighted by atomic mass is 10.0. The van der Waals surface area contributed by atoms with Gasteiger partial charge in [0.25, 0.3) is 0 Å². The lowest BCUT2D eigenvalue weighted by molar-refractivity contribution is 0.976. The molecule has 0 unspecified atom stereocenters. The second-order valence-corrected chi connectivity index (χ2v) is 5.12. The van der Waals surface area contributed by atoms with Gasteiger partial charge in [0.1, 0.15) is 0 Å². The zero-order valence-corrected chi connectivity index (χ0v) is 12.4. The van der Waals surface area contributed by atoms with Crippen LogP contribution in [0.2, 0.25) is 0 Å². The Morgan fingerprint density at radius 1 is 0.857 bits per heavy atom. The van der Waals surface area contributed by atoms with E-state index in [1.165, 1.54) is 11.1 Å². The summed E-state index contributed by atoms with van der Waals surface area (Å²) >= 11 is 0. The molecule has 0 aliphatic rings. The molecule has 1 heterocycles. The minimum Gasteiger partial charge on any atom is -0.236 e. The van der Waals surface area contributed by atoms with Crippen LogP contribution in [0.5, 0.6) is 0 Å². The second-order valence-electron chi connectivity index (χ2n) is 5.12. The van der Waals surface area contributed by atoms with Crippen LogP contribution in [0.4, 0.5) is 0 Å². The van der Waals surface area contributed by atoms with Gasteiger partial charge in [0.2, 0.25) is 0 Å². The summed E-state index contributed by atoms with van der Waals surface area (Å²) < 4.78 is 0. The van der Waals surface area contributed by atoms with Crippen molar-refractivity contribution in [1.82, 2.24) is 9.97 Å². The molecule has 0 spiro atoms. The van der Waals surface area contributed by atoms with Crippen molar-refractivity contribution in [1.29, 1.82) is 0 Å². The minimum atomic E-state index is 0.801. The molecule has 0 N–H and O–H groups in total. The van der Waals surface area contributed by atoms with E-state index in [1.807, 2.05) is 12.3 Å². The molecular formula is C19H18N2. The summed E-state index contributed by atoms with van der Waals surface area (Å²) in [6.07, 6.45) is 2.84. The van der Waals surface area contributed by atoms with Crippen molar-refractivity contribution >= 4 is 0 Å². The van der Waals surface area contributed by atoms with Gasteiger partial charge in [0, 0.05) is 17.5 Å². The average molecular weight is 274 g/mol. The Morgan fingerprint density at radius 3 is 2.33 bits per heavy atom. The zero-order valence-electron chi connectivity index (χ0n) is 12.4. The van der Waals surface area contributed by atoms with E-state index in [9.17, 15) is 0 Å². The van der Waals surface area contributed by atoms with Crippen molar-refractivity contribution in [3.05, 3.63) is 72.1 Å². The molecule has 0 fully saturated rings. The fourth-order valence-corrected chi connectivity index (χ4v) is 2.44. The van der Waals surface area contributed by atoms with Crippen LogP contribution in [0.3, 0.4) is 0 Å². The van der Waals surface area contributed by atoms with Crippen LogP contribution in [0, 0.1) is 6.92 Å². The van der Waals surface area contributed by atoms with Crippen LogP contribution in [0.1, 0.15) is 18.2 Å². The molecule has 0 aliphatic carbocycles. The average Bonchev–Trinajstić information content (AvgIpc) is 2.56. The Balaban J connectivity index is 2.04. The number of benzene rings is 2. The Hall–Kier alpha value is -2.48. The molecule has 21 heavy (non-hydrogen) atoms. The van der Waals surface area contributed by atoms with Gasteiger partial charge in [-0.1, -0.05) is 55.5 Å². The Labute approximate surface area is 125 Å². The number of aromatic nitrogens is 2. The monoisotopic (exact) mass is 274 g/mol. The Kier molecular flexibility index (Phi) is 3.78. The molecule has 0 amide bonds. The van der Waals surface area contributed by atoms with Crippen molar-refractivity contribution in [2.45, 2.75) is 20.3 Å². The minimum absolute atomic E-state index is 0.801. The van der Waals surface area contributed by atoms with Gasteiger partial charge in [-0.15, -0.1) is 0 Å². The highest BCUT2D eigenvalue weighted by molar-refractivity contribution is 5.70. The number of hydrogen-bond donors (Lipinski definition) is 0. The standard InChI is InChI=1S/C19H18N2/c1-3-18-14(2)13-20-19(21-18)17-11-7-10-16(12-17)15-8-5-4-6-9-15/h4-13H,3H2,1-2H3. The van der Waals surface area contributed by atoms with Crippen LogP contribution in [-0.4, -0.2) is 9.97 Å². The summed E-state index contributed by atoms with van der Waals surface area (Å²) in [6.45, 7) is 4.18. The van der Waals surface area contributed by atoms with Gasteiger partial charge in [0.15, 0.2) is 5.82 Å². The molecule has 0 bridgehead atoms. The van der Waals surface area contributed by atoms with E-state index in [0.29, 0.717) is 0 Å². The molecule has 0 atom stereocenters. The van der Waals surface area contributed by atoms with Gasteiger partial charge < -0.3 is 0 Å². The summed E-state index contributed by atoms with van der Waals surface area (Å²) in [4.78, 5) is 9.17. The topological polar surface area (TPSA) is 25.8 Å². The van der Waals surface area contributed by atoms with Crippen LogP contribution in [0.25, 0.3) is 22.5 Å². The van der Waals surface area contributed by atoms with Gasteiger partial charge in [-0.05, 0) is 36.1 Å². The molecule has 3 aromatic rings. The highest BCUT2D eigenvalue weighted by atomic mass is 14.9. The van der Waals surface area contributed by atoms with Crippen molar-refractivity contribution in [3.63, 3.8) is 0 Å². The maximum atomic E-state index is 4.68. The molecule has 2 aromatic carbocycles. The Morgan fingerprint density at radius 2 is 1.57 bits per heavy atom. The first-order chi connectivity index (χ1) is 10.3. The van der Waals surface area contributed by atoms with Gasteiger partial charge in [0.05, 0.1) is 0 Å². The highest BCUT2D eigenvalue weighted by Crippen LogP contribution is 2.24. The molecule has 3 rings (SSSR count). The molecule has 104 valence electrons. The summed E-state index contributed by atoms with van der Waals surface area (Å²) in [5.74, 6) is 0.801. The summed E-state index contributed by atoms with van der Waals surface area (Å²) in [6, 6.07) is 18.8.